The molecule has 0 spiro atoms. The van der Waals surface area contributed by atoms with Gasteiger partial charge in [-0.3, -0.25) is 10.1 Å². The summed E-state index contributed by atoms with van der Waals surface area (Å²) in [4.78, 5) is 21.1. The summed E-state index contributed by atoms with van der Waals surface area (Å²) in [6.45, 7) is 1.79. The summed E-state index contributed by atoms with van der Waals surface area (Å²) in [5, 5.41) is 14.6. The number of primary amides is 1. The van der Waals surface area contributed by atoms with Crippen LogP contribution in [0.25, 0.3) is 0 Å². The molecule has 0 aromatic carbocycles. The third-order valence-electron chi connectivity index (χ3n) is 1.79. The second-order valence-electron chi connectivity index (χ2n) is 2.99. The van der Waals surface area contributed by atoms with E-state index in [1.54, 1.807) is 6.92 Å². The van der Waals surface area contributed by atoms with Crippen LogP contribution in [0.5, 0.6) is 0 Å². The summed E-state index contributed by atoms with van der Waals surface area (Å²) in [6, 6.07) is 0.770. The highest BCUT2D eigenvalue weighted by molar-refractivity contribution is 5.85. The van der Waals surface area contributed by atoms with Crippen molar-refractivity contribution in [3.8, 4) is 0 Å². The molecule has 15 heavy (non-hydrogen) atoms. The third-order valence-corrected chi connectivity index (χ3v) is 1.79. The van der Waals surface area contributed by atoms with Crippen LogP contribution >= 0.6 is 0 Å². The number of amides is 1. The molecule has 7 nitrogen and oxygen atoms in total. The molecule has 0 saturated carbocycles. The summed E-state index contributed by atoms with van der Waals surface area (Å²) >= 11 is 0. The fourth-order valence-corrected chi connectivity index (χ4v) is 0.851. The van der Waals surface area contributed by atoms with Crippen molar-refractivity contribution in [2.75, 3.05) is 0 Å². The third kappa shape index (κ3) is 3.06. The number of rotatable bonds is 5. The van der Waals surface area contributed by atoms with Gasteiger partial charge in [-0.1, -0.05) is 5.16 Å². The first kappa shape index (κ1) is 11.2. The number of hydrogen-bond acceptors (Lipinski definition) is 5. The van der Waals surface area contributed by atoms with Gasteiger partial charge in [-0.05, 0) is 6.92 Å². The molecule has 1 amide bonds. The van der Waals surface area contributed by atoms with Crippen LogP contribution in [0.1, 0.15) is 23.2 Å². The highest BCUT2D eigenvalue weighted by Crippen LogP contribution is 2.03. The van der Waals surface area contributed by atoms with Gasteiger partial charge in [-0.2, -0.15) is 0 Å². The van der Waals surface area contributed by atoms with Crippen LogP contribution in [0.3, 0.4) is 0 Å². The summed E-state index contributed by atoms with van der Waals surface area (Å²) in [7, 11) is 0. The number of aromatic carboxylic acids is 1. The van der Waals surface area contributed by atoms with E-state index in [0.29, 0.717) is 5.76 Å². The molecule has 4 N–H and O–H groups in total. The standard InChI is InChI=1S/C8H11N3O4/c1-4(7(9)12)10-3-5-2-6(8(13)14)11-15-5/h2,4,10H,3H2,1H3,(H2,9,12)(H,13,14). The highest BCUT2D eigenvalue weighted by Gasteiger charge is 2.12. The van der Waals surface area contributed by atoms with Crippen LogP contribution < -0.4 is 11.1 Å². The molecule has 7 heteroatoms. The number of nitrogens with zero attached hydrogens (tertiary/aromatic N) is 1. The van der Waals surface area contributed by atoms with Gasteiger partial charge in [0.2, 0.25) is 5.91 Å². The van der Waals surface area contributed by atoms with Crippen LogP contribution in [0.15, 0.2) is 10.6 Å². The second kappa shape index (κ2) is 4.56. The van der Waals surface area contributed by atoms with Crippen molar-refractivity contribution in [3.05, 3.63) is 17.5 Å². The summed E-state index contributed by atoms with van der Waals surface area (Å²) in [5.74, 6) is -1.32. The van der Waals surface area contributed by atoms with Crippen molar-refractivity contribution in [1.29, 1.82) is 0 Å². The summed E-state index contributed by atoms with van der Waals surface area (Å²) in [5.41, 5.74) is 4.84. The molecule has 0 aliphatic rings. The normalized spacial score (nSPS) is 12.3. The monoisotopic (exact) mass is 213 g/mol. The van der Waals surface area contributed by atoms with E-state index in [4.69, 9.17) is 15.4 Å². The van der Waals surface area contributed by atoms with Gasteiger partial charge in [0, 0.05) is 6.07 Å². The second-order valence-corrected chi connectivity index (χ2v) is 2.99. The Balaban J connectivity index is 2.51. The molecule has 0 aliphatic carbocycles. The van der Waals surface area contributed by atoms with E-state index in [2.05, 4.69) is 10.5 Å². The van der Waals surface area contributed by atoms with Gasteiger partial charge in [0.1, 0.15) is 0 Å². The fourth-order valence-electron chi connectivity index (χ4n) is 0.851. The van der Waals surface area contributed by atoms with Crippen molar-refractivity contribution in [3.63, 3.8) is 0 Å². The first-order valence-electron chi connectivity index (χ1n) is 4.22. The quantitative estimate of drug-likeness (QED) is 0.597. The zero-order valence-electron chi connectivity index (χ0n) is 8.06. The Bertz CT molecular complexity index is 374. The van der Waals surface area contributed by atoms with Crippen LogP contribution in [0.2, 0.25) is 0 Å². The molecule has 1 unspecified atom stereocenters. The Hall–Kier alpha value is -1.89. The van der Waals surface area contributed by atoms with Crippen LogP contribution in [-0.2, 0) is 11.3 Å². The largest absolute Gasteiger partial charge is 0.476 e. The first-order chi connectivity index (χ1) is 7.00. The topological polar surface area (TPSA) is 118 Å². The molecule has 0 radical (unpaired) electrons. The van der Waals surface area contributed by atoms with Gasteiger partial charge < -0.3 is 15.4 Å². The molecular weight excluding hydrogens is 202 g/mol. The first-order valence-corrected chi connectivity index (χ1v) is 4.22. The van der Waals surface area contributed by atoms with E-state index in [-0.39, 0.29) is 12.2 Å². The van der Waals surface area contributed by atoms with Gasteiger partial charge in [-0.15, -0.1) is 0 Å². The van der Waals surface area contributed by atoms with Gasteiger partial charge in [0.05, 0.1) is 12.6 Å². The molecule has 1 atom stereocenters. The van der Waals surface area contributed by atoms with Crippen LogP contribution in [0.4, 0.5) is 0 Å². The Kier molecular flexibility index (Phi) is 3.40. The molecule has 0 bridgehead atoms. The number of aromatic nitrogens is 1. The summed E-state index contributed by atoms with van der Waals surface area (Å²) < 4.78 is 4.71. The Morgan fingerprint density at radius 1 is 1.73 bits per heavy atom. The maximum Gasteiger partial charge on any atom is 0.358 e. The molecule has 1 rings (SSSR count). The molecule has 1 aromatic heterocycles. The van der Waals surface area contributed by atoms with Crippen molar-refractivity contribution in [2.24, 2.45) is 5.73 Å². The van der Waals surface area contributed by atoms with Crippen molar-refractivity contribution < 1.29 is 19.2 Å². The highest BCUT2D eigenvalue weighted by atomic mass is 16.5. The van der Waals surface area contributed by atoms with E-state index in [1.165, 1.54) is 6.07 Å². The van der Waals surface area contributed by atoms with Gasteiger partial charge in [0.15, 0.2) is 11.5 Å². The number of carbonyl (C=O) groups excluding carboxylic acids is 1. The Morgan fingerprint density at radius 3 is 2.87 bits per heavy atom. The van der Waals surface area contributed by atoms with Gasteiger partial charge >= 0.3 is 5.97 Å². The van der Waals surface area contributed by atoms with E-state index in [0.717, 1.165) is 0 Å². The molecule has 0 aliphatic heterocycles. The molecule has 1 aromatic rings. The van der Waals surface area contributed by atoms with E-state index < -0.39 is 17.9 Å². The lowest BCUT2D eigenvalue weighted by molar-refractivity contribution is -0.119. The minimum atomic E-state index is -1.16. The SMILES string of the molecule is CC(NCc1cc(C(=O)O)no1)C(N)=O. The Morgan fingerprint density at radius 2 is 2.40 bits per heavy atom. The number of nitrogens with one attached hydrogen (secondary N) is 1. The minimum Gasteiger partial charge on any atom is -0.476 e. The van der Waals surface area contributed by atoms with Crippen molar-refractivity contribution in [2.45, 2.75) is 19.5 Å². The zero-order chi connectivity index (χ0) is 11.4. The van der Waals surface area contributed by atoms with E-state index >= 15 is 0 Å². The van der Waals surface area contributed by atoms with Crippen LogP contribution in [0, 0.1) is 0 Å². The lowest BCUT2D eigenvalue weighted by atomic mass is 10.3. The van der Waals surface area contributed by atoms with Crippen molar-refractivity contribution >= 4 is 11.9 Å². The molecule has 1 heterocycles. The zero-order valence-corrected chi connectivity index (χ0v) is 8.06. The predicted molar refractivity (Wildman–Crippen MR) is 49.0 cm³/mol. The lowest BCUT2D eigenvalue weighted by Crippen LogP contribution is -2.38. The van der Waals surface area contributed by atoms with Gasteiger partial charge in [-0.25, -0.2) is 4.79 Å². The molecular formula is C8H11N3O4. The summed E-state index contributed by atoms with van der Waals surface area (Å²) in [6.07, 6.45) is 0. The predicted octanol–water partition coefficient (Wildman–Crippen LogP) is -0.664. The fraction of sp³-hybridized carbons (Fsp3) is 0.375. The van der Waals surface area contributed by atoms with Crippen molar-refractivity contribution in [1.82, 2.24) is 10.5 Å². The maximum atomic E-state index is 10.7. The minimum absolute atomic E-state index is 0.168. The number of hydrogen-bond donors (Lipinski definition) is 3. The van der Waals surface area contributed by atoms with E-state index in [1.807, 2.05) is 0 Å². The van der Waals surface area contributed by atoms with Crippen LogP contribution in [-0.4, -0.2) is 28.2 Å². The van der Waals surface area contributed by atoms with E-state index in [9.17, 15) is 9.59 Å². The maximum absolute atomic E-state index is 10.7. The number of carboxylic acid groups (broad SMARTS) is 1. The lowest BCUT2D eigenvalue weighted by Gasteiger charge is -2.06. The smallest absolute Gasteiger partial charge is 0.358 e. The molecule has 0 fully saturated rings. The average Bonchev–Trinajstić information content (AvgIpc) is 2.62. The number of carboxylic acids is 1. The average molecular weight is 213 g/mol. The number of nitrogens with two attached hydrogens (primary N) is 1. The molecule has 0 saturated heterocycles. The Labute approximate surface area is 85.2 Å². The molecule has 82 valence electrons. The number of carbonyl (C=O) groups is 2. The van der Waals surface area contributed by atoms with Gasteiger partial charge in [0.25, 0.3) is 0 Å².